The number of ether oxygens (including phenoxy) is 1. The summed E-state index contributed by atoms with van der Waals surface area (Å²) in [6.45, 7) is 7.97. The predicted octanol–water partition coefficient (Wildman–Crippen LogP) is 2.00. The topological polar surface area (TPSA) is 74.1 Å². The number of likely N-dealkylation sites (tertiary alicyclic amines) is 1. The first-order valence-electron chi connectivity index (χ1n) is 8.49. The van der Waals surface area contributed by atoms with Crippen molar-refractivity contribution in [3.05, 3.63) is 16.8 Å². The fraction of sp³-hybridized carbons (Fsp3) is 0.706. The van der Waals surface area contributed by atoms with Crippen molar-refractivity contribution < 1.29 is 4.74 Å². The van der Waals surface area contributed by atoms with Crippen molar-refractivity contribution in [2.45, 2.75) is 45.6 Å². The zero-order valence-corrected chi connectivity index (χ0v) is 14.4. The third-order valence-electron chi connectivity index (χ3n) is 4.50. The van der Waals surface area contributed by atoms with Crippen molar-refractivity contribution in [3.63, 3.8) is 0 Å². The van der Waals surface area contributed by atoms with E-state index in [-0.39, 0.29) is 0 Å². The Hall–Kier alpha value is -1.71. The molecule has 6 heteroatoms. The number of nitrogens with zero attached hydrogens (tertiary/aromatic N) is 4. The van der Waals surface area contributed by atoms with E-state index >= 15 is 0 Å². The highest BCUT2D eigenvalue weighted by Crippen LogP contribution is 2.22. The molecule has 1 aliphatic heterocycles. The van der Waals surface area contributed by atoms with Gasteiger partial charge in [-0.1, -0.05) is 13.8 Å². The largest absolute Gasteiger partial charge is 0.383 e. The van der Waals surface area contributed by atoms with Crippen LogP contribution in [0.1, 0.15) is 43.5 Å². The monoisotopic (exact) mass is 317 g/mol. The second-order valence-electron chi connectivity index (χ2n) is 5.92. The molecule has 2 rings (SSSR count). The van der Waals surface area contributed by atoms with Crippen LogP contribution in [0.5, 0.6) is 0 Å². The van der Waals surface area contributed by atoms with Crippen LogP contribution in [-0.4, -0.2) is 54.5 Å². The molecule has 0 atom stereocenters. The molecule has 1 N–H and O–H groups in total. The summed E-state index contributed by atoms with van der Waals surface area (Å²) < 4.78 is 5.13. The Morgan fingerprint density at radius 2 is 2.00 bits per heavy atom. The van der Waals surface area contributed by atoms with Gasteiger partial charge < -0.3 is 15.0 Å². The van der Waals surface area contributed by atoms with E-state index in [0.717, 1.165) is 63.2 Å². The number of hydrogen-bond donors (Lipinski definition) is 1. The maximum absolute atomic E-state index is 9.54. The average molecular weight is 317 g/mol. The van der Waals surface area contributed by atoms with Gasteiger partial charge in [0.2, 0.25) is 0 Å². The first-order chi connectivity index (χ1) is 11.2. The summed E-state index contributed by atoms with van der Waals surface area (Å²) in [6.07, 6.45) is 3.72. The number of aryl methyl sites for hydroxylation is 1. The molecule has 0 aromatic carbocycles. The second-order valence-corrected chi connectivity index (χ2v) is 5.92. The molecule has 0 bridgehead atoms. The van der Waals surface area contributed by atoms with Gasteiger partial charge in [0, 0.05) is 32.8 Å². The number of piperidine rings is 1. The van der Waals surface area contributed by atoms with Crippen molar-refractivity contribution in [2.24, 2.45) is 0 Å². The van der Waals surface area contributed by atoms with Crippen LogP contribution in [0.4, 0.5) is 5.82 Å². The number of nitriles is 1. The van der Waals surface area contributed by atoms with E-state index in [0.29, 0.717) is 17.4 Å². The molecule has 0 saturated carbocycles. The summed E-state index contributed by atoms with van der Waals surface area (Å²) in [6, 6.07) is 2.68. The fourth-order valence-corrected chi connectivity index (χ4v) is 3.11. The Bertz CT molecular complexity index is 547. The lowest BCUT2D eigenvalue weighted by molar-refractivity contribution is 0.132. The van der Waals surface area contributed by atoms with Crippen molar-refractivity contribution in [1.82, 2.24) is 15.1 Å². The quantitative estimate of drug-likeness (QED) is 0.829. The summed E-state index contributed by atoms with van der Waals surface area (Å²) in [7, 11) is 1.74. The molecule has 2 heterocycles. The lowest BCUT2D eigenvalue weighted by Crippen LogP contribution is -2.40. The van der Waals surface area contributed by atoms with Gasteiger partial charge >= 0.3 is 0 Å². The molecule has 1 saturated heterocycles. The van der Waals surface area contributed by atoms with Crippen molar-refractivity contribution >= 4 is 5.82 Å². The molecule has 0 amide bonds. The first kappa shape index (κ1) is 17.6. The minimum Gasteiger partial charge on any atom is -0.383 e. The van der Waals surface area contributed by atoms with E-state index in [1.54, 1.807) is 7.11 Å². The second kappa shape index (κ2) is 8.80. The third kappa shape index (κ3) is 4.40. The maximum atomic E-state index is 9.54. The Kier molecular flexibility index (Phi) is 6.75. The summed E-state index contributed by atoms with van der Waals surface area (Å²) in [5.74, 6) is 0.650. The van der Waals surface area contributed by atoms with Gasteiger partial charge in [0.05, 0.1) is 12.3 Å². The number of hydrogen-bond acceptors (Lipinski definition) is 6. The number of aromatic nitrogens is 2. The summed E-state index contributed by atoms with van der Waals surface area (Å²) in [4.78, 5) is 2.41. The molecule has 1 fully saturated rings. The van der Waals surface area contributed by atoms with Crippen LogP contribution in [0.15, 0.2) is 0 Å². The van der Waals surface area contributed by atoms with Crippen molar-refractivity contribution in [1.29, 1.82) is 5.26 Å². The van der Waals surface area contributed by atoms with Crippen LogP contribution in [0, 0.1) is 11.3 Å². The van der Waals surface area contributed by atoms with E-state index in [1.165, 1.54) is 0 Å². The maximum Gasteiger partial charge on any atom is 0.167 e. The minimum absolute atomic E-state index is 0.354. The van der Waals surface area contributed by atoms with Gasteiger partial charge in [0.1, 0.15) is 11.6 Å². The van der Waals surface area contributed by atoms with Gasteiger partial charge in [0.15, 0.2) is 5.82 Å². The predicted molar refractivity (Wildman–Crippen MR) is 90.5 cm³/mol. The number of anilines is 1. The zero-order chi connectivity index (χ0) is 16.7. The molecule has 0 spiro atoms. The number of nitrogens with one attached hydrogen (secondary N) is 1. The van der Waals surface area contributed by atoms with Gasteiger partial charge in [0.25, 0.3) is 0 Å². The van der Waals surface area contributed by atoms with Gasteiger partial charge in [-0.2, -0.15) is 10.4 Å². The highest BCUT2D eigenvalue weighted by molar-refractivity contribution is 5.56. The van der Waals surface area contributed by atoms with Crippen LogP contribution in [0.2, 0.25) is 0 Å². The Morgan fingerprint density at radius 3 is 2.57 bits per heavy atom. The Labute approximate surface area is 138 Å². The summed E-state index contributed by atoms with van der Waals surface area (Å²) in [5.41, 5.74) is 2.63. The highest BCUT2D eigenvalue weighted by atomic mass is 16.5. The Balaban J connectivity index is 2.03. The molecular formula is C17H27N5O. The molecule has 1 aromatic heterocycles. The standard InChI is InChI=1S/C17H27N5O/c1-4-14-15(12-18)17(21-20-16(14)5-2)19-13-6-8-22(9-7-13)10-11-23-3/h13H,4-11H2,1-3H3,(H,19,21). The van der Waals surface area contributed by atoms with Crippen LogP contribution in [-0.2, 0) is 17.6 Å². The van der Waals surface area contributed by atoms with E-state index < -0.39 is 0 Å². The van der Waals surface area contributed by atoms with Gasteiger partial charge in [-0.25, -0.2) is 0 Å². The smallest absolute Gasteiger partial charge is 0.167 e. The molecule has 6 nitrogen and oxygen atoms in total. The van der Waals surface area contributed by atoms with Gasteiger partial charge in [-0.3, -0.25) is 0 Å². The molecule has 0 radical (unpaired) electrons. The normalized spacial score (nSPS) is 16.3. The molecule has 0 unspecified atom stereocenters. The highest BCUT2D eigenvalue weighted by Gasteiger charge is 2.21. The Morgan fingerprint density at radius 1 is 1.26 bits per heavy atom. The van der Waals surface area contributed by atoms with Crippen LogP contribution >= 0.6 is 0 Å². The average Bonchev–Trinajstić information content (AvgIpc) is 2.60. The van der Waals surface area contributed by atoms with E-state index in [4.69, 9.17) is 4.74 Å². The SMILES string of the molecule is CCc1nnc(NC2CCN(CCOC)CC2)c(C#N)c1CC. The number of rotatable bonds is 7. The lowest BCUT2D eigenvalue weighted by Gasteiger charge is -2.32. The number of methoxy groups -OCH3 is 1. The van der Waals surface area contributed by atoms with Crippen molar-refractivity contribution in [3.8, 4) is 6.07 Å². The summed E-state index contributed by atoms with van der Waals surface area (Å²) >= 11 is 0. The van der Waals surface area contributed by atoms with Crippen LogP contribution in [0.25, 0.3) is 0 Å². The van der Waals surface area contributed by atoms with Crippen LogP contribution in [0.3, 0.4) is 0 Å². The zero-order valence-electron chi connectivity index (χ0n) is 14.4. The molecule has 1 aliphatic rings. The first-order valence-corrected chi connectivity index (χ1v) is 8.49. The van der Waals surface area contributed by atoms with E-state index in [1.807, 2.05) is 6.92 Å². The molecule has 126 valence electrons. The lowest BCUT2D eigenvalue weighted by atomic mass is 10.0. The van der Waals surface area contributed by atoms with Crippen LogP contribution < -0.4 is 5.32 Å². The molecular weight excluding hydrogens is 290 g/mol. The fourth-order valence-electron chi connectivity index (χ4n) is 3.11. The van der Waals surface area contributed by atoms with Gasteiger partial charge in [-0.15, -0.1) is 5.10 Å². The van der Waals surface area contributed by atoms with E-state index in [9.17, 15) is 5.26 Å². The van der Waals surface area contributed by atoms with E-state index in [2.05, 4.69) is 33.4 Å². The molecule has 23 heavy (non-hydrogen) atoms. The third-order valence-corrected chi connectivity index (χ3v) is 4.50. The molecule has 0 aliphatic carbocycles. The minimum atomic E-state index is 0.354. The summed E-state index contributed by atoms with van der Waals surface area (Å²) in [5, 5.41) is 21.6. The van der Waals surface area contributed by atoms with Gasteiger partial charge in [-0.05, 0) is 31.2 Å². The molecule has 1 aromatic rings. The van der Waals surface area contributed by atoms with Crippen molar-refractivity contribution in [2.75, 3.05) is 38.7 Å².